The third-order valence-electron chi connectivity index (χ3n) is 2.28. The summed E-state index contributed by atoms with van der Waals surface area (Å²) < 4.78 is 5.11. The molecule has 106 valence electrons. The lowest BCUT2D eigenvalue weighted by Gasteiger charge is -2.16. The molecule has 0 aliphatic heterocycles. The molecule has 0 aromatic heterocycles. The Hall–Kier alpha value is -0.180. The lowest BCUT2D eigenvalue weighted by Crippen LogP contribution is -2.36. The van der Waals surface area contributed by atoms with Gasteiger partial charge < -0.3 is 21.3 Å². The normalized spacial score (nSPS) is 14.3. The van der Waals surface area contributed by atoms with Crippen molar-refractivity contribution < 1.29 is 19.4 Å². The van der Waals surface area contributed by atoms with E-state index in [2.05, 4.69) is 31.9 Å². The highest BCUT2D eigenvalue weighted by molar-refractivity contribution is 9.09. The van der Waals surface area contributed by atoms with Gasteiger partial charge in [-0.15, -0.1) is 0 Å². The topological polar surface area (TPSA) is 116 Å². The van der Waals surface area contributed by atoms with E-state index in [1.165, 1.54) is 0 Å². The van der Waals surface area contributed by atoms with Gasteiger partial charge in [0.15, 0.2) is 0 Å². The summed E-state index contributed by atoms with van der Waals surface area (Å²) in [5, 5.41) is 9.64. The Morgan fingerprint density at radius 1 is 1.11 bits per heavy atom. The standard InChI is InChI=1S/C10H18Br2N2O4/c11-4-6(5-12)18-10(17)8(14)3-1-2-7(13)9(15)16/h6-8H,1-5,13-14H2,(H,15,16)/t7-,8?/m0/s1. The third kappa shape index (κ3) is 7.30. The second kappa shape index (κ2) is 9.71. The number of nitrogens with two attached hydrogens (primary N) is 2. The summed E-state index contributed by atoms with van der Waals surface area (Å²) in [4.78, 5) is 22.0. The number of hydrogen-bond acceptors (Lipinski definition) is 5. The van der Waals surface area contributed by atoms with Crippen LogP contribution in [0.5, 0.6) is 0 Å². The highest BCUT2D eigenvalue weighted by Gasteiger charge is 2.20. The fourth-order valence-electron chi connectivity index (χ4n) is 1.15. The molecule has 0 fully saturated rings. The van der Waals surface area contributed by atoms with Crippen LogP contribution in [-0.2, 0) is 14.3 Å². The third-order valence-corrected chi connectivity index (χ3v) is 3.72. The highest BCUT2D eigenvalue weighted by atomic mass is 79.9. The number of carbonyl (C=O) groups excluding carboxylic acids is 1. The summed E-state index contributed by atoms with van der Waals surface area (Å²) in [6.45, 7) is 0. The Balaban J connectivity index is 3.91. The minimum atomic E-state index is -1.05. The van der Waals surface area contributed by atoms with E-state index in [1.54, 1.807) is 0 Å². The summed E-state index contributed by atoms with van der Waals surface area (Å²) in [6.07, 6.45) is 0.856. The number of carboxylic acid groups (broad SMARTS) is 1. The molecular formula is C10H18Br2N2O4. The monoisotopic (exact) mass is 388 g/mol. The Morgan fingerprint density at radius 2 is 1.61 bits per heavy atom. The quantitative estimate of drug-likeness (QED) is 0.392. The molecule has 18 heavy (non-hydrogen) atoms. The first-order valence-electron chi connectivity index (χ1n) is 5.48. The summed E-state index contributed by atoms with van der Waals surface area (Å²) in [5.74, 6) is -1.53. The van der Waals surface area contributed by atoms with Crippen LogP contribution in [0.1, 0.15) is 19.3 Å². The number of rotatable bonds is 9. The van der Waals surface area contributed by atoms with E-state index >= 15 is 0 Å². The number of esters is 1. The van der Waals surface area contributed by atoms with Crippen LogP contribution in [0, 0.1) is 0 Å². The minimum absolute atomic E-state index is 0.259. The first-order valence-corrected chi connectivity index (χ1v) is 7.73. The van der Waals surface area contributed by atoms with Gasteiger partial charge in [0, 0.05) is 10.7 Å². The molecule has 0 radical (unpaired) electrons. The van der Waals surface area contributed by atoms with Crippen molar-refractivity contribution in [3.63, 3.8) is 0 Å². The predicted octanol–water partition coefficient (Wildman–Crippen LogP) is 0.597. The van der Waals surface area contributed by atoms with Crippen molar-refractivity contribution in [3.8, 4) is 0 Å². The van der Waals surface area contributed by atoms with Gasteiger partial charge in [0.05, 0.1) is 0 Å². The van der Waals surface area contributed by atoms with E-state index in [0.29, 0.717) is 23.5 Å². The lowest BCUT2D eigenvalue weighted by molar-refractivity contribution is -0.148. The molecule has 0 aliphatic carbocycles. The molecule has 0 spiro atoms. The van der Waals surface area contributed by atoms with E-state index in [9.17, 15) is 9.59 Å². The molecule has 5 N–H and O–H groups in total. The molecule has 0 rings (SSSR count). The van der Waals surface area contributed by atoms with Crippen LogP contribution in [0.2, 0.25) is 0 Å². The molecule has 8 heteroatoms. The maximum atomic E-state index is 11.5. The zero-order chi connectivity index (χ0) is 14.1. The summed E-state index contributed by atoms with van der Waals surface area (Å²) in [7, 11) is 0. The molecule has 0 saturated carbocycles. The Morgan fingerprint density at radius 3 is 2.06 bits per heavy atom. The van der Waals surface area contributed by atoms with Gasteiger partial charge in [-0.25, -0.2) is 0 Å². The van der Waals surface area contributed by atoms with Crippen LogP contribution in [0.25, 0.3) is 0 Å². The van der Waals surface area contributed by atoms with E-state index in [1.807, 2.05) is 0 Å². The van der Waals surface area contributed by atoms with Gasteiger partial charge in [-0.1, -0.05) is 31.9 Å². The zero-order valence-electron chi connectivity index (χ0n) is 9.85. The summed E-state index contributed by atoms with van der Waals surface area (Å²) in [5.41, 5.74) is 11.0. The molecule has 6 nitrogen and oxygen atoms in total. The number of alkyl halides is 2. The minimum Gasteiger partial charge on any atom is -0.480 e. The molecule has 2 atom stereocenters. The average Bonchev–Trinajstić information content (AvgIpc) is 2.34. The Kier molecular flexibility index (Phi) is 9.61. The van der Waals surface area contributed by atoms with Gasteiger partial charge in [-0.2, -0.15) is 0 Å². The van der Waals surface area contributed by atoms with Gasteiger partial charge in [-0.3, -0.25) is 9.59 Å². The van der Waals surface area contributed by atoms with Crippen LogP contribution < -0.4 is 11.5 Å². The predicted molar refractivity (Wildman–Crippen MR) is 74.9 cm³/mol. The molecule has 0 aliphatic rings. The first kappa shape index (κ1) is 17.8. The molecule has 1 unspecified atom stereocenters. The molecule has 0 heterocycles. The fraction of sp³-hybridized carbons (Fsp3) is 0.800. The molecule has 0 saturated heterocycles. The van der Waals surface area contributed by atoms with E-state index < -0.39 is 24.0 Å². The molecular weight excluding hydrogens is 372 g/mol. The Bertz CT molecular complexity index is 275. The number of hydrogen-bond donors (Lipinski definition) is 3. The SMILES string of the molecule is NC(CCC[C@H](N)C(=O)O)C(=O)OC(CBr)CBr. The number of carbonyl (C=O) groups is 2. The second-order valence-corrected chi connectivity index (χ2v) is 5.14. The molecule has 0 aromatic carbocycles. The van der Waals surface area contributed by atoms with Gasteiger partial charge in [0.2, 0.25) is 0 Å². The average molecular weight is 390 g/mol. The lowest BCUT2D eigenvalue weighted by atomic mass is 10.1. The fourth-order valence-corrected chi connectivity index (χ4v) is 2.49. The van der Waals surface area contributed by atoms with Crippen molar-refractivity contribution >= 4 is 43.8 Å². The molecule has 0 amide bonds. The van der Waals surface area contributed by atoms with E-state index in [-0.39, 0.29) is 12.5 Å². The van der Waals surface area contributed by atoms with Crippen molar-refractivity contribution in [1.82, 2.24) is 0 Å². The highest BCUT2D eigenvalue weighted by Crippen LogP contribution is 2.07. The van der Waals surface area contributed by atoms with Crippen LogP contribution in [0.4, 0.5) is 0 Å². The van der Waals surface area contributed by atoms with E-state index in [4.69, 9.17) is 21.3 Å². The van der Waals surface area contributed by atoms with Crippen LogP contribution in [0.3, 0.4) is 0 Å². The smallest absolute Gasteiger partial charge is 0.323 e. The molecule has 0 aromatic rings. The largest absolute Gasteiger partial charge is 0.480 e. The second-order valence-electron chi connectivity index (χ2n) is 3.85. The number of aliphatic carboxylic acids is 1. The first-order chi connectivity index (χ1) is 8.42. The van der Waals surface area contributed by atoms with Crippen molar-refractivity contribution in [1.29, 1.82) is 0 Å². The van der Waals surface area contributed by atoms with Crippen LogP contribution >= 0.6 is 31.9 Å². The number of carboxylic acids is 1. The van der Waals surface area contributed by atoms with Gasteiger partial charge in [0.25, 0.3) is 0 Å². The van der Waals surface area contributed by atoms with Crippen molar-refractivity contribution in [2.45, 2.75) is 37.5 Å². The summed E-state index contributed by atoms with van der Waals surface area (Å²) in [6, 6.07) is -1.65. The van der Waals surface area contributed by atoms with Crippen LogP contribution in [-0.4, -0.2) is 45.9 Å². The van der Waals surface area contributed by atoms with E-state index in [0.717, 1.165) is 0 Å². The molecule has 0 bridgehead atoms. The summed E-state index contributed by atoms with van der Waals surface area (Å²) >= 11 is 6.42. The zero-order valence-corrected chi connectivity index (χ0v) is 13.0. The maximum absolute atomic E-state index is 11.5. The van der Waals surface area contributed by atoms with Gasteiger partial charge in [0.1, 0.15) is 18.2 Å². The van der Waals surface area contributed by atoms with Crippen LogP contribution in [0.15, 0.2) is 0 Å². The van der Waals surface area contributed by atoms with Gasteiger partial charge in [-0.05, 0) is 19.3 Å². The number of halogens is 2. The maximum Gasteiger partial charge on any atom is 0.323 e. The number of ether oxygens (including phenoxy) is 1. The van der Waals surface area contributed by atoms with Crippen molar-refractivity contribution in [2.75, 3.05) is 10.7 Å². The van der Waals surface area contributed by atoms with Crippen molar-refractivity contribution in [2.24, 2.45) is 11.5 Å². The van der Waals surface area contributed by atoms with Crippen molar-refractivity contribution in [3.05, 3.63) is 0 Å². The van der Waals surface area contributed by atoms with Gasteiger partial charge >= 0.3 is 11.9 Å². The Labute approximate surface area is 123 Å².